The van der Waals surface area contributed by atoms with Crippen LogP contribution in [-0.4, -0.2) is 19.5 Å². The molecule has 0 atom stereocenters. The second kappa shape index (κ2) is 6.92. The summed E-state index contributed by atoms with van der Waals surface area (Å²) in [5, 5.41) is 0.701. The molecule has 0 fully saturated rings. The van der Waals surface area contributed by atoms with Crippen LogP contribution in [0.15, 0.2) is 53.6 Å². The lowest BCUT2D eigenvalue weighted by Gasteiger charge is -2.11. The van der Waals surface area contributed by atoms with Crippen LogP contribution in [0.5, 0.6) is 5.75 Å². The topological polar surface area (TPSA) is 48.3 Å². The molecule has 3 rings (SSSR count). The molecule has 0 spiro atoms. The molecule has 0 aliphatic carbocycles. The van der Waals surface area contributed by atoms with Gasteiger partial charge < -0.3 is 4.74 Å². The number of aryl methyl sites for hydroxylation is 1. The summed E-state index contributed by atoms with van der Waals surface area (Å²) in [4.78, 5) is -0.409. The smallest absolute Gasteiger partial charge is 0.416 e. The zero-order valence-corrected chi connectivity index (χ0v) is 15.6. The standard InChI is InChI=1S/C19H18F3NO3S/c1-3-5-13-12-23(18-9-8-15(26-2)11-17(13)18)27(24,25)16-7-4-6-14(10-16)19(20,21)22/h4,6-12H,3,5H2,1-2H3. The number of halogens is 3. The molecule has 1 heterocycles. The predicted molar refractivity (Wildman–Crippen MR) is 96.5 cm³/mol. The highest BCUT2D eigenvalue weighted by atomic mass is 32.2. The highest BCUT2D eigenvalue weighted by Crippen LogP contribution is 2.33. The van der Waals surface area contributed by atoms with Crippen LogP contribution in [0.25, 0.3) is 10.9 Å². The molecule has 2 aromatic carbocycles. The lowest BCUT2D eigenvalue weighted by molar-refractivity contribution is -0.137. The Morgan fingerprint density at radius 3 is 2.48 bits per heavy atom. The normalized spacial score (nSPS) is 12.5. The molecule has 0 radical (unpaired) electrons. The van der Waals surface area contributed by atoms with Gasteiger partial charge in [-0.05, 0) is 48.4 Å². The highest BCUT2D eigenvalue weighted by Gasteiger charge is 2.32. The van der Waals surface area contributed by atoms with Gasteiger partial charge >= 0.3 is 6.18 Å². The van der Waals surface area contributed by atoms with E-state index in [1.54, 1.807) is 18.2 Å². The lowest BCUT2D eigenvalue weighted by Crippen LogP contribution is -2.13. The van der Waals surface area contributed by atoms with Crippen molar-refractivity contribution in [3.63, 3.8) is 0 Å². The Morgan fingerprint density at radius 2 is 1.85 bits per heavy atom. The van der Waals surface area contributed by atoms with Gasteiger partial charge in [0.25, 0.3) is 10.0 Å². The van der Waals surface area contributed by atoms with E-state index in [0.717, 1.165) is 28.1 Å². The first kappa shape index (κ1) is 19.3. The molecule has 0 saturated carbocycles. The molecule has 3 aromatic rings. The van der Waals surface area contributed by atoms with E-state index in [1.807, 2.05) is 6.92 Å². The average molecular weight is 397 g/mol. The van der Waals surface area contributed by atoms with E-state index in [1.165, 1.54) is 19.4 Å². The molecule has 144 valence electrons. The number of hydrogen-bond donors (Lipinski definition) is 0. The van der Waals surface area contributed by atoms with Crippen LogP contribution in [0.1, 0.15) is 24.5 Å². The molecular weight excluding hydrogens is 379 g/mol. The Balaban J connectivity index is 2.22. The van der Waals surface area contributed by atoms with Gasteiger partial charge in [0, 0.05) is 11.6 Å². The summed E-state index contributed by atoms with van der Waals surface area (Å²) in [5.41, 5.74) is 0.189. The van der Waals surface area contributed by atoms with Crippen molar-refractivity contribution >= 4 is 20.9 Å². The van der Waals surface area contributed by atoms with Crippen molar-refractivity contribution in [1.29, 1.82) is 0 Å². The van der Waals surface area contributed by atoms with E-state index < -0.39 is 26.7 Å². The van der Waals surface area contributed by atoms with Crippen molar-refractivity contribution in [3.05, 3.63) is 59.8 Å². The van der Waals surface area contributed by atoms with E-state index in [4.69, 9.17) is 4.74 Å². The molecule has 0 amide bonds. The minimum Gasteiger partial charge on any atom is -0.497 e. The fraction of sp³-hybridized carbons (Fsp3) is 0.263. The van der Waals surface area contributed by atoms with Crippen LogP contribution >= 0.6 is 0 Å². The number of alkyl halides is 3. The van der Waals surface area contributed by atoms with Crippen LogP contribution in [0.3, 0.4) is 0 Å². The Bertz CT molecular complexity index is 1090. The molecule has 0 bridgehead atoms. The van der Waals surface area contributed by atoms with E-state index in [9.17, 15) is 21.6 Å². The van der Waals surface area contributed by atoms with Gasteiger partial charge in [-0.25, -0.2) is 12.4 Å². The van der Waals surface area contributed by atoms with Gasteiger partial charge in [-0.15, -0.1) is 0 Å². The maximum absolute atomic E-state index is 13.1. The van der Waals surface area contributed by atoms with E-state index in [-0.39, 0.29) is 0 Å². The molecule has 0 aliphatic rings. The lowest BCUT2D eigenvalue weighted by atomic mass is 10.1. The molecule has 0 saturated heterocycles. The highest BCUT2D eigenvalue weighted by molar-refractivity contribution is 7.90. The molecule has 0 aliphatic heterocycles. The largest absolute Gasteiger partial charge is 0.497 e. The fourth-order valence-corrected chi connectivity index (χ4v) is 4.42. The third kappa shape index (κ3) is 3.53. The number of benzene rings is 2. The minimum absolute atomic E-state index is 0.400. The first-order valence-electron chi connectivity index (χ1n) is 8.29. The van der Waals surface area contributed by atoms with Crippen molar-refractivity contribution in [2.45, 2.75) is 30.8 Å². The van der Waals surface area contributed by atoms with Gasteiger partial charge in [0.15, 0.2) is 0 Å². The van der Waals surface area contributed by atoms with Crippen molar-refractivity contribution in [3.8, 4) is 5.75 Å². The number of nitrogens with zero attached hydrogens (tertiary/aromatic N) is 1. The van der Waals surface area contributed by atoms with Gasteiger partial charge in [0.1, 0.15) is 5.75 Å². The Morgan fingerprint density at radius 1 is 1.11 bits per heavy atom. The fourth-order valence-electron chi connectivity index (χ4n) is 2.99. The SMILES string of the molecule is CCCc1cn(S(=O)(=O)c2cccc(C(F)(F)F)c2)c2ccc(OC)cc12. The molecule has 1 aromatic heterocycles. The van der Waals surface area contributed by atoms with Crippen LogP contribution in [-0.2, 0) is 22.6 Å². The first-order chi connectivity index (χ1) is 12.7. The van der Waals surface area contributed by atoms with Crippen LogP contribution in [0.4, 0.5) is 13.2 Å². The Labute approximate surface area is 155 Å². The van der Waals surface area contributed by atoms with Crippen LogP contribution in [0, 0.1) is 0 Å². The summed E-state index contributed by atoms with van der Waals surface area (Å²) in [5.74, 6) is 0.578. The molecule has 27 heavy (non-hydrogen) atoms. The third-order valence-corrected chi connectivity index (χ3v) is 5.97. The van der Waals surface area contributed by atoms with E-state index >= 15 is 0 Å². The summed E-state index contributed by atoms with van der Waals surface area (Å²) >= 11 is 0. The zero-order chi connectivity index (χ0) is 19.8. The predicted octanol–water partition coefficient (Wildman–Crippen LogP) is 4.86. The van der Waals surface area contributed by atoms with Crippen molar-refractivity contribution in [1.82, 2.24) is 3.97 Å². The monoisotopic (exact) mass is 397 g/mol. The van der Waals surface area contributed by atoms with Gasteiger partial charge in [-0.1, -0.05) is 19.4 Å². The van der Waals surface area contributed by atoms with Gasteiger partial charge in [0.05, 0.1) is 23.1 Å². The summed E-state index contributed by atoms with van der Waals surface area (Å²) in [6.45, 7) is 1.96. The van der Waals surface area contributed by atoms with Gasteiger partial charge in [0.2, 0.25) is 0 Å². The quantitative estimate of drug-likeness (QED) is 0.618. The minimum atomic E-state index is -4.62. The summed E-state index contributed by atoms with van der Waals surface area (Å²) in [6.07, 6.45) is -1.72. The summed E-state index contributed by atoms with van der Waals surface area (Å²) in [6, 6.07) is 8.72. The molecular formula is C19H18F3NO3S. The van der Waals surface area contributed by atoms with Gasteiger partial charge in [-0.2, -0.15) is 13.2 Å². The van der Waals surface area contributed by atoms with Crippen molar-refractivity contribution < 1.29 is 26.3 Å². The maximum Gasteiger partial charge on any atom is 0.416 e. The third-order valence-electron chi connectivity index (χ3n) is 4.30. The van der Waals surface area contributed by atoms with Crippen LogP contribution in [0.2, 0.25) is 0 Å². The summed E-state index contributed by atoms with van der Waals surface area (Å²) < 4.78 is 71.3. The second-order valence-corrected chi connectivity index (χ2v) is 7.93. The second-order valence-electron chi connectivity index (χ2n) is 6.11. The Kier molecular flexibility index (Phi) is 4.94. The average Bonchev–Trinajstić information content (AvgIpc) is 3.00. The number of fused-ring (bicyclic) bond motifs is 1. The maximum atomic E-state index is 13.1. The number of aromatic nitrogens is 1. The molecule has 8 heteroatoms. The molecule has 0 N–H and O–H groups in total. The van der Waals surface area contributed by atoms with Crippen molar-refractivity contribution in [2.24, 2.45) is 0 Å². The summed E-state index contributed by atoms with van der Waals surface area (Å²) in [7, 11) is -2.68. The molecule has 4 nitrogen and oxygen atoms in total. The Hall–Kier alpha value is -2.48. The van der Waals surface area contributed by atoms with Gasteiger partial charge in [-0.3, -0.25) is 0 Å². The first-order valence-corrected chi connectivity index (χ1v) is 9.73. The number of hydrogen-bond acceptors (Lipinski definition) is 3. The van der Waals surface area contributed by atoms with Crippen LogP contribution < -0.4 is 4.74 Å². The van der Waals surface area contributed by atoms with E-state index in [2.05, 4.69) is 0 Å². The zero-order valence-electron chi connectivity index (χ0n) is 14.7. The van der Waals surface area contributed by atoms with E-state index in [0.29, 0.717) is 29.1 Å². The molecule has 0 unspecified atom stereocenters. The van der Waals surface area contributed by atoms with Crippen molar-refractivity contribution in [2.75, 3.05) is 7.11 Å². The number of ether oxygens (including phenoxy) is 1. The number of rotatable bonds is 5. The number of methoxy groups -OCH3 is 1.